The number of ether oxygens (including phenoxy) is 2. The highest BCUT2D eigenvalue weighted by Crippen LogP contribution is 2.32. The zero-order chi connectivity index (χ0) is 20.0. The van der Waals surface area contributed by atoms with Crippen LogP contribution >= 0.6 is 0 Å². The standard InChI is InChI=1S/C24H25NO3/c1-24(19-10-6-4-7-11-19,20-12-8-5-9-13-20)23(26)25-17-18-14-21(27-2)16-22(15-18)28-3/h4-16H,17H2,1-3H3,(H,25,26). The Labute approximate surface area is 166 Å². The second-order valence-electron chi connectivity index (χ2n) is 6.76. The molecule has 0 atom stereocenters. The van der Waals surface area contributed by atoms with Crippen molar-refractivity contribution in [2.45, 2.75) is 18.9 Å². The zero-order valence-electron chi connectivity index (χ0n) is 16.4. The number of amides is 1. The van der Waals surface area contributed by atoms with Gasteiger partial charge in [0.05, 0.1) is 19.6 Å². The molecule has 144 valence electrons. The summed E-state index contributed by atoms with van der Waals surface area (Å²) in [5.74, 6) is 1.32. The van der Waals surface area contributed by atoms with Gasteiger partial charge in [-0.15, -0.1) is 0 Å². The maximum absolute atomic E-state index is 13.4. The minimum atomic E-state index is -0.800. The van der Waals surface area contributed by atoms with Gasteiger partial charge in [0, 0.05) is 12.6 Å². The smallest absolute Gasteiger partial charge is 0.235 e. The SMILES string of the molecule is COc1cc(CNC(=O)C(C)(c2ccccc2)c2ccccc2)cc(OC)c1. The number of nitrogens with one attached hydrogen (secondary N) is 1. The summed E-state index contributed by atoms with van der Waals surface area (Å²) in [5, 5.41) is 3.09. The lowest BCUT2D eigenvalue weighted by atomic mass is 9.75. The third-order valence-corrected chi connectivity index (χ3v) is 5.02. The first-order chi connectivity index (χ1) is 13.6. The van der Waals surface area contributed by atoms with E-state index in [4.69, 9.17) is 9.47 Å². The van der Waals surface area contributed by atoms with Crippen LogP contribution < -0.4 is 14.8 Å². The molecule has 3 aromatic carbocycles. The summed E-state index contributed by atoms with van der Waals surface area (Å²) in [5.41, 5.74) is 2.00. The Hall–Kier alpha value is -3.27. The first-order valence-electron chi connectivity index (χ1n) is 9.19. The molecule has 0 saturated carbocycles. The Bertz CT molecular complexity index is 861. The van der Waals surface area contributed by atoms with Crippen molar-refractivity contribution in [2.24, 2.45) is 0 Å². The van der Waals surface area contributed by atoms with Crippen molar-refractivity contribution in [3.63, 3.8) is 0 Å². The molecule has 28 heavy (non-hydrogen) atoms. The van der Waals surface area contributed by atoms with Crippen LogP contribution in [0.25, 0.3) is 0 Å². The monoisotopic (exact) mass is 375 g/mol. The predicted molar refractivity (Wildman–Crippen MR) is 111 cm³/mol. The molecule has 0 aliphatic carbocycles. The maximum Gasteiger partial charge on any atom is 0.235 e. The van der Waals surface area contributed by atoms with Gasteiger partial charge in [-0.3, -0.25) is 4.79 Å². The maximum atomic E-state index is 13.4. The van der Waals surface area contributed by atoms with Gasteiger partial charge in [-0.1, -0.05) is 60.7 Å². The molecule has 4 heteroatoms. The average molecular weight is 375 g/mol. The van der Waals surface area contributed by atoms with Crippen LogP contribution in [-0.4, -0.2) is 20.1 Å². The van der Waals surface area contributed by atoms with Crippen LogP contribution in [0.3, 0.4) is 0 Å². The zero-order valence-corrected chi connectivity index (χ0v) is 16.4. The van der Waals surface area contributed by atoms with Crippen molar-refractivity contribution in [3.8, 4) is 11.5 Å². The Morgan fingerprint density at radius 2 is 1.29 bits per heavy atom. The number of carbonyl (C=O) groups is 1. The molecule has 0 saturated heterocycles. The largest absolute Gasteiger partial charge is 0.497 e. The Morgan fingerprint density at radius 1 is 0.821 bits per heavy atom. The molecule has 1 N–H and O–H groups in total. The van der Waals surface area contributed by atoms with Crippen LogP contribution in [0.5, 0.6) is 11.5 Å². The fourth-order valence-corrected chi connectivity index (χ4v) is 3.30. The van der Waals surface area contributed by atoms with Crippen molar-refractivity contribution in [1.82, 2.24) is 5.32 Å². The summed E-state index contributed by atoms with van der Waals surface area (Å²) in [6.45, 7) is 2.33. The van der Waals surface area contributed by atoms with Crippen LogP contribution in [0.2, 0.25) is 0 Å². The van der Waals surface area contributed by atoms with E-state index >= 15 is 0 Å². The van der Waals surface area contributed by atoms with E-state index in [9.17, 15) is 4.79 Å². The summed E-state index contributed by atoms with van der Waals surface area (Å²) in [6.07, 6.45) is 0. The summed E-state index contributed by atoms with van der Waals surface area (Å²) in [6, 6.07) is 25.3. The first-order valence-corrected chi connectivity index (χ1v) is 9.19. The van der Waals surface area contributed by atoms with Gasteiger partial charge in [-0.05, 0) is 35.7 Å². The highest BCUT2D eigenvalue weighted by atomic mass is 16.5. The van der Waals surface area contributed by atoms with E-state index in [1.807, 2.05) is 85.8 Å². The molecule has 0 aromatic heterocycles. The van der Waals surface area contributed by atoms with Crippen LogP contribution in [0.15, 0.2) is 78.9 Å². The number of carbonyl (C=O) groups excluding carboxylic acids is 1. The van der Waals surface area contributed by atoms with E-state index in [-0.39, 0.29) is 5.91 Å². The fraction of sp³-hybridized carbons (Fsp3) is 0.208. The van der Waals surface area contributed by atoms with Gasteiger partial charge in [-0.25, -0.2) is 0 Å². The lowest BCUT2D eigenvalue weighted by molar-refractivity contribution is -0.125. The van der Waals surface area contributed by atoms with Gasteiger partial charge in [0.15, 0.2) is 0 Å². The summed E-state index contributed by atoms with van der Waals surface area (Å²) in [7, 11) is 3.22. The summed E-state index contributed by atoms with van der Waals surface area (Å²) < 4.78 is 10.6. The second-order valence-corrected chi connectivity index (χ2v) is 6.76. The van der Waals surface area contributed by atoms with Crippen molar-refractivity contribution in [3.05, 3.63) is 95.6 Å². The molecule has 3 rings (SSSR count). The highest BCUT2D eigenvalue weighted by Gasteiger charge is 2.36. The molecule has 0 aliphatic rings. The lowest BCUT2D eigenvalue weighted by Crippen LogP contribution is -2.42. The topological polar surface area (TPSA) is 47.6 Å². The van der Waals surface area contributed by atoms with Gasteiger partial charge in [0.25, 0.3) is 0 Å². The molecule has 1 amide bonds. The molecule has 0 bridgehead atoms. The average Bonchev–Trinajstić information content (AvgIpc) is 2.77. The van der Waals surface area contributed by atoms with Crippen LogP contribution in [0, 0.1) is 0 Å². The van der Waals surface area contributed by atoms with Gasteiger partial charge in [-0.2, -0.15) is 0 Å². The summed E-state index contributed by atoms with van der Waals surface area (Å²) in [4.78, 5) is 13.4. The Morgan fingerprint density at radius 3 is 1.71 bits per heavy atom. The van der Waals surface area contributed by atoms with E-state index in [2.05, 4.69) is 5.32 Å². The molecule has 0 aliphatic heterocycles. The Kier molecular flexibility index (Phi) is 5.99. The van der Waals surface area contributed by atoms with E-state index in [0.717, 1.165) is 16.7 Å². The normalized spacial score (nSPS) is 11.0. The molecular formula is C24H25NO3. The van der Waals surface area contributed by atoms with Crippen molar-refractivity contribution in [1.29, 1.82) is 0 Å². The van der Waals surface area contributed by atoms with Gasteiger partial charge in [0.1, 0.15) is 11.5 Å². The van der Waals surface area contributed by atoms with Gasteiger partial charge in [0.2, 0.25) is 5.91 Å². The van der Waals surface area contributed by atoms with Crippen molar-refractivity contribution in [2.75, 3.05) is 14.2 Å². The molecule has 0 heterocycles. The third kappa shape index (κ3) is 4.01. The number of hydrogen-bond donors (Lipinski definition) is 1. The minimum absolute atomic E-state index is 0.0633. The van der Waals surface area contributed by atoms with E-state index in [0.29, 0.717) is 18.0 Å². The second kappa shape index (κ2) is 8.61. The number of rotatable bonds is 7. The van der Waals surface area contributed by atoms with Gasteiger partial charge < -0.3 is 14.8 Å². The molecule has 3 aromatic rings. The van der Waals surface area contributed by atoms with Crippen LogP contribution in [-0.2, 0) is 16.8 Å². The van der Waals surface area contributed by atoms with E-state index in [1.165, 1.54) is 0 Å². The first kappa shape index (κ1) is 19.5. The van der Waals surface area contributed by atoms with Gasteiger partial charge >= 0.3 is 0 Å². The fourth-order valence-electron chi connectivity index (χ4n) is 3.30. The number of methoxy groups -OCH3 is 2. The third-order valence-electron chi connectivity index (χ3n) is 5.02. The molecular weight excluding hydrogens is 350 g/mol. The van der Waals surface area contributed by atoms with Crippen LogP contribution in [0.1, 0.15) is 23.6 Å². The summed E-state index contributed by atoms with van der Waals surface area (Å²) >= 11 is 0. The molecule has 0 fully saturated rings. The predicted octanol–water partition coefficient (Wildman–Crippen LogP) is 4.33. The quantitative estimate of drug-likeness (QED) is 0.669. The molecule has 0 unspecified atom stereocenters. The molecule has 0 radical (unpaired) electrons. The van der Waals surface area contributed by atoms with Crippen molar-refractivity contribution < 1.29 is 14.3 Å². The molecule has 4 nitrogen and oxygen atoms in total. The Balaban J connectivity index is 1.89. The van der Waals surface area contributed by atoms with E-state index < -0.39 is 5.41 Å². The van der Waals surface area contributed by atoms with E-state index in [1.54, 1.807) is 14.2 Å². The highest BCUT2D eigenvalue weighted by molar-refractivity contribution is 5.91. The number of hydrogen-bond acceptors (Lipinski definition) is 3. The van der Waals surface area contributed by atoms with Crippen LogP contribution in [0.4, 0.5) is 0 Å². The lowest BCUT2D eigenvalue weighted by Gasteiger charge is -2.29. The number of benzene rings is 3. The minimum Gasteiger partial charge on any atom is -0.497 e. The van der Waals surface area contributed by atoms with Crippen molar-refractivity contribution >= 4 is 5.91 Å². The molecule has 0 spiro atoms.